The predicted octanol–water partition coefficient (Wildman–Crippen LogP) is 3.05. The molecule has 0 aliphatic rings. The van der Waals surface area contributed by atoms with Crippen LogP contribution in [0.1, 0.15) is 53.9 Å². The number of rotatable bonds is 5. The first-order valence-corrected chi connectivity index (χ1v) is 4.90. The molecule has 0 unspecified atom stereocenters. The average molecular weight is 173 g/mol. The van der Waals surface area contributed by atoms with Crippen molar-refractivity contribution in [2.75, 3.05) is 0 Å². The van der Waals surface area contributed by atoms with Gasteiger partial charge in [-0.2, -0.15) is 5.06 Å². The van der Waals surface area contributed by atoms with E-state index in [1.54, 1.807) is 0 Å². The van der Waals surface area contributed by atoms with Gasteiger partial charge in [-0.1, -0.05) is 19.8 Å². The number of unbranched alkanes of at least 4 members (excludes halogenated alkanes) is 1. The zero-order valence-electron chi connectivity index (χ0n) is 9.09. The topological polar surface area (TPSA) is 23.5 Å². The van der Waals surface area contributed by atoms with Gasteiger partial charge in [0.05, 0.1) is 0 Å². The van der Waals surface area contributed by atoms with Crippen molar-refractivity contribution in [3.05, 3.63) is 0 Å². The highest BCUT2D eigenvalue weighted by molar-refractivity contribution is 4.77. The first-order chi connectivity index (χ1) is 5.41. The molecule has 12 heavy (non-hydrogen) atoms. The SMILES string of the molecule is CCCCC(C)(C)N(O)C(C)C. The van der Waals surface area contributed by atoms with E-state index in [-0.39, 0.29) is 11.6 Å². The highest BCUT2D eigenvalue weighted by atomic mass is 16.5. The summed E-state index contributed by atoms with van der Waals surface area (Å²) in [6.45, 7) is 10.4. The molecule has 0 heterocycles. The Labute approximate surface area is 76.5 Å². The Kier molecular flexibility index (Phi) is 4.80. The second-order valence-electron chi connectivity index (χ2n) is 4.35. The van der Waals surface area contributed by atoms with Crippen molar-refractivity contribution in [2.24, 2.45) is 0 Å². The van der Waals surface area contributed by atoms with Gasteiger partial charge in [0.1, 0.15) is 0 Å². The first kappa shape index (κ1) is 11.9. The van der Waals surface area contributed by atoms with E-state index in [1.807, 2.05) is 13.8 Å². The normalized spacial score (nSPS) is 13.0. The minimum atomic E-state index is -0.0792. The maximum atomic E-state index is 9.71. The van der Waals surface area contributed by atoms with E-state index in [0.717, 1.165) is 6.42 Å². The fourth-order valence-corrected chi connectivity index (χ4v) is 1.42. The third-order valence-electron chi connectivity index (χ3n) is 2.25. The minimum absolute atomic E-state index is 0.0792. The smallest absolute Gasteiger partial charge is 0.0407 e. The van der Waals surface area contributed by atoms with E-state index in [4.69, 9.17) is 0 Å². The lowest BCUT2D eigenvalue weighted by Crippen LogP contribution is -2.45. The molecule has 1 N–H and O–H groups in total. The highest BCUT2D eigenvalue weighted by Crippen LogP contribution is 2.21. The Morgan fingerprint density at radius 1 is 1.33 bits per heavy atom. The maximum Gasteiger partial charge on any atom is 0.0407 e. The largest absolute Gasteiger partial charge is 0.313 e. The zero-order valence-corrected chi connectivity index (χ0v) is 9.09. The minimum Gasteiger partial charge on any atom is -0.313 e. The van der Waals surface area contributed by atoms with Crippen LogP contribution in [-0.4, -0.2) is 21.9 Å². The Bertz CT molecular complexity index is 121. The molecule has 0 bridgehead atoms. The molecule has 0 aromatic carbocycles. The molecular formula is C10H23NO. The summed E-state index contributed by atoms with van der Waals surface area (Å²) in [6, 6.07) is 0.205. The van der Waals surface area contributed by atoms with Crippen molar-refractivity contribution >= 4 is 0 Å². The fourth-order valence-electron chi connectivity index (χ4n) is 1.42. The molecule has 0 saturated carbocycles. The van der Waals surface area contributed by atoms with Gasteiger partial charge in [-0.25, -0.2) is 0 Å². The van der Waals surface area contributed by atoms with E-state index >= 15 is 0 Å². The van der Waals surface area contributed by atoms with Crippen molar-refractivity contribution < 1.29 is 5.21 Å². The van der Waals surface area contributed by atoms with Crippen molar-refractivity contribution in [3.8, 4) is 0 Å². The number of hydroxylamine groups is 2. The predicted molar refractivity (Wildman–Crippen MR) is 52.4 cm³/mol. The summed E-state index contributed by atoms with van der Waals surface area (Å²) >= 11 is 0. The molecule has 0 saturated heterocycles. The van der Waals surface area contributed by atoms with E-state index in [9.17, 15) is 5.21 Å². The van der Waals surface area contributed by atoms with Crippen molar-refractivity contribution in [1.82, 2.24) is 5.06 Å². The summed E-state index contributed by atoms with van der Waals surface area (Å²) in [7, 11) is 0. The molecule has 2 nitrogen and oxygen atoms in total. The van der Waals surface area contributed by atoms with Gasteiger partial charge in [-0.3, -0.25) is 0 Å². The Morgan fingerprint density at radius 2 is 1.83 bits per heavy atom. The van der Waals surface area contributed by atoms with E-state index in [1.165, 1.54) is 17.9 Å². The second kappa shape index (κ2) is 4.83. The molecule has 0 amide bonds. The molecule has 74 valence electrons. The molecule has 0 aliphatic carbocycles. The third-order valence-corrected chi connectivity index (χ3v) is 2.25. The average Bonchev–Trinajstić information content (AvgIpc) is 1.99. The lowest BCUT2D eigenvalue weighted by molar-refractivity contribution is -0.187. The molecule has 0 atom stereocenters. The van der Waals surface area contributed by atoms with E-state index < -0.39 is 0 Å². The van der Waals surface area contributed by atoms with Gasteiger partial charge < -0.3 is 5.21 Å². The summed E-state index contributed by atoms with van der Waals surface area (Å²) in [5.41, 5.74) is -0.0792. The summed E-state index contributed by atoms with van der Waals surface area (Å²) in [5.74, 6) is 0. The van der Waals surface area contributed by atoms with Gasteiger partial charge in [-0.15, -0.1) is 0 Å². The Balaban J connectivity index is 3.99. The number of hydrogen-bond acceptors (Lipinski definition) is 2. The van der Waals surface area contributed by atoms with Gasteiger partial charge in [0.15, 0.2) is 0 Å². The van der Waals surface area contributed by atoms with Crippen LogP contribution in [0.2, 0.25) is 0 Å². The van der Waals surface area contributed by atoms with Gasteiger partial charge in [0, 0.05) is 11.6 Å². The van der Waals surface area contributed by atoms with Crippen molar-refractivity contribution in [1.29, 1.82) is 0 Å². The fraction of sp³-hybridized carbons (Fsp3) is 1.00. The lowest BCUT2D eigenvalue weighted by atomic mass is 9.96. The highest BCUT2D eigenvalue weighted by Gasteiger charge is 2.26. The summed E-state index contributed by atoms with van der Waals surface area (Å²) in [4.78, 5) is 0. The molecule has 0 aromatic heterocycles. The van der Waals surface area contributed by atoms with Crippen LogP contribution >= 0.6 is 0 Å². The second-order valence-corrected chi connectivity index (χ2v) is 4.35. The van der Waals surface area contributed by atoms with Crippen LogP contribution in [0.15, 0.2) is 0 Å². The van der Waals surface area contributed by atoms with Gasteiger partial charge in [0.2, 0.25) is 0 Å². The maximum absolute atomic E-state index is 9.71. The molecule has 0 rings (SSSR count). The monoisotopic (exact) mass is 173 g/mol. The molecule has 0 spiro atoms. The summed E-state index contributed by atoms with van der Waals surface area (Å²) < 4.78 is 0. The Morgan fingerprint density at radius 3 is 2.17 bits per heavy atom. The third kappa shape index (κ3) is 3.55. The quantitative estimate of drug-likeness (QED) is 0.646. The van der Waals surface area contributed by atoms with E-state index in [2.05, 4.69) is 20.8 Å². The molecule has 0 fully saturated rings. The Hall–Kier alpha value is -0.0800. The van der Waals surface area contributed by atoms with Crippen LogP contribution in [0.3, 0.4) is 0 Å². The zero-order chi connectivity index (χ0) is 9.78. The molecule has 0 radical (unpaired) electrons. The van der Waals surface area contributed by atoms with Crippen LogP contribution in [-0.2, 0) is 0 Å². The first-order valence-electron chi connectivity index (χ1n) is 4.90. The van der Waals surface area contributed by atoms with Crippen LogP contribution < -0.4 is 0 Å². The van der Waals surface area contributed by atoms with Crippen LogP contribution in [0.5, 0.6) is 0 Å². The van der Waals surface area contributed by atoms with Gasteiger partial charge in [-0.05, 0) is 34.1 Å². The van der Waals surface area contributed by atoms with Crippen LogP contribution in [0.25, 0.3) is 0 Å². The number of nitrogens with zero attached hydrogens (tertiary/aromatic N) is 1. The van der Waals surface area contributed by atoms with Crippen molar-refractivity contribution in [3.63, 3.8) is 0 Å². The van der Waals surface area contributed by atoms with E-state index in [0.29, 0.717) is 0 Å². The summed E-state index contributed by atoms with van der Waals surface area (Å²) in [6.07, 6.45) is 3.42. The van der Waals surface area contributed by atoms with Crippen LogP contribution in [0.4, 0.5) is 0 Å². The van der Waals surface area contributed by atoms with Gasteiger partial charge in [0.25, 0.3) is 0 Å². The molecule has 0 aliphatic heterocycles. The number of hydrogen-bond donors (Lipinski definition) is 1. The van der Waals surface area contributed by atoms with Gasteiger partial charge >= 0.3 is 0 Å². The molecular weight excluding hydrogens is 150 g/mol. The van der Waals surface area contributed by atoms with Crippen LogP contribution in [0, 0.1) is 0 Å². The van der Waals surface area contributed by atoms with Crippen molar-refractivity contribution in [2.45, 2.75) is 65.5 Å². The molecule has 0 aromatic rings. The summed E-state index contributed by atoms with van der Waals surface area (Å²) in [5, 5.41) is 11.2. The standard InChI is InChI=1S/C10H23NO/c1-6-7-8-10(4,5)11(12)9(2)3/h9,12H,6-8H2,1-5H3. The lowest BCUT2D eigenvalue weighted by Gasteiger charge is -2.36. The molecule has 2 heteroatoms.